The van der Waals surface area contributed by atoms with Crippen LogP contribution < -0.4 is 44.4 Å². The largest absolute Gasteiger partial charge is 0.486 e. The van der Waals surface area contributed by atoms with Gasteiger partial charge in [0.2, 0.25) is 0 Å². The Morgan fingerprint density at radius 1 is 0.425 bits per heavy atom. The molecule has 6 aromatic rings. The first kappa shape index (κ1) is 84.8. The van der Waals surface area contributed by atoms with Crippen LogP contribution in [-0.2, 0) is 40.9 Å². The van der Waals surface area contributed by atoms with Crippen LogP contribution in [0, 0.1) is 51.3 Å². The van der Waals surface area contributed by atoms with Gasteiger partial charge < -0.3 is 44.4 Å². The molecule has 3 aliphatic carbocycles. The van der Waals surface area contributed by atoms with E-state index in [0.717, 1.165) is 82.6 Å². The van der Waals surface area contributed by atoms with E-state index in [2.05, 4.69) is 16.0 Å². The molecule has 3 saturated carbocycles. The summed E-state index contributed by atoms with van der Waals surface area (Å²) >= 11 is 28.7. The summed E-state index contributed by atoms with van der Waals surface area (Å²) in [6.45, 7) is 1.01. The minimum Gasteiger partial charge on any atom is -0.486 e. The fourth-order valence-corrected chi connectivity index (χ4v) is 13.0. The van der Waals surface area contributed by atoms with Gasteiger partial charge in [0.25, 0.3) is 35.0 Å². The maximum Gasteiger partial charge on any atom is 0.417 e. The lowest BCUT2D eigenvalue weighted by molar-refractivity contribution is -0.428. The van der Waals surface area contributed by atoms with Crippen LogP contribution in [0.15, 0.2) is 109 Å². The van der Waals surface area contributed by atoms with Gasteiger partial charge in [0.15, 0.2) is 44.2 Å². The molecule has 0 aromatic heterocycles. The van der Waals surface area contributed by atoms with Gasteiger partial charge in [0.1, 0.15) is 76.0 Å². The number of nitro benzene ring substituents is 1. The average Bonchev–Trinajstić information content (AvgIpc) is 0.830. The first-order valence-corrected chi connectivity index (χ1v) is 35.6. The van der Waals surface area contributed by atoms with E-state index in [1.807, 2.05) is 0 Å². The molecule has 0 spiro atoms. The van der Waals surface area contributed by atoms with Crippen molar-refractivity contribution in [3.63, 3.8) is 0 Å². The van der Waals surface area contributed by atoms with Gasteiger partial charge in [-0.15, -0.1) is 0 Å². The molecule has 106 heavy (non-hydrogen) atoms. The maximum absolute atomic E-state index is 13.6. The van der Waals surface area contributed by atoms with Gasteiger partial charge in [0, 0.05) is 76.7 Å². The normalized spacial score (nSPS) is 17.8. The number of alkyl halides is 5. The molecule has 0 unspecified atom stereocenters. The summed E-state index contributed by atoms with van der Waals surface area (Å²) in [5.41, 5.74) is -0.925. The summed E-state index contributed by atoms with van der Waals surface area (Å²) in [6.07, 6.45) is 5.19. The van der Waals surface area contributed by atoms with E-state index in [0.29, 0.717) is 65.4 Å². The molecule has 0 aliphatic heterocycles. The van der Waals surface area contributed by atoms with Crippen molar-refractivity contribution in [2.75, 3.05) is 46.7 Å². The number of rotatable bonds is 30. The van der Waals surface area contributed by atoms with Crippen LogP contribution in [0.5, 0.6) is 34.5 Å². The maximum atomic E-state index is 13.6. The van der Waals surface area contributed by atoms with E-state index >= 15 is 0 Å². The zero-order chi connectivity index (χ0) is 77.4. The predicted molar refractivity (Wildman–Crippen MR) is 382 cm³/mol. The van der Waals surface area contributed by atoms with Gasteiger partial charge in [0.05, 0.1) is 32.7 Å². The minimum absolute atomic E-state index is 0.00680. The second-order valence-corrected chi connectivity index (χ2v) is 28.0. The van der Waals surface area contributed by atoms with E-state index in [-0.39, 0.29) is 165 Å². The number of nitro groups is 1. The molecule has 9 rings (SSSR count). The zero-order valence-corrected chi connectivity index (χ0v) is 61.5. The average molecular weight is 1590 g/mol. The molecule has 0 atom stereocenters. The third-order valence-electron chi connectivity index (χ3n) is 17.6. The van der Waals surface area contributed by atoms with E-state index in [1.165, 1.54) is 67.7 Å². The topological polar surface area (TPSA) is 257 Å². The molecule has 3 fully saturated rings. The van der Waals surface area contributed by atoms with Crippen molar-refractivity contribution in [1.82, 2.24) is 16.0 Å². The number of hydrogen-bond donors (Lipinski definition) is 3. The van der Waals surface area contributed by atoms with Crippen LogP contribution in [0.2, 0.25) is 25.1 Å². The summed E-state index contributed by atoms with van der Waals surface area (Å²) in [5.74, 6) is -3.74. The van der Waals surface area contributed by atoms with Gasteiger partial charge in [-0.05, 0) is 186 Å². The second-order valence-electron chi connectivity index (χ2n) is 26.0. The Bertz CT molecular complexity index is 3820. The lowest BCUT2D eigenvalue weighted by Crippen LogP contribution is -2.40. The Morgan fingerprint density at radius 3 is 1.08 bits per heavy atom. The monoisotopic (exact) mass is 1580 g/mol. The van der Waals surface area contributed by atoms with Crippen molar-refractivity contribution < 1.29 is 97.6 Å². The number of benzene rings is 6. The molecule has 20 nitrogen and oxygen atoms in total. The SMILES string of the molecule is CC(F)(F)c1cc(OCC(=O)CC2CCC(NC(=O)COc3ccc(Cl)c(C(F)(F)F)c3)CC2)ccc1Cl.C[N+](=O)c1cc(OCC(=O)CC2CCC(NC(=O)COc3ccc(Cl)c([N+](=O)[O-])c3)CC2)ccc1Cl.Cc1ccc(OCC(=O)CC2CCC(NC(=O)COc3ccc(Cl)c(F)c3)CC2)cc1F. The van der Waals surface area contributed by atoms with E-state index < -0.39 is 45.9 Å². The number of nitroso groups, excluding NO2 is 1. The number of carbonyl (C=O) groups is 6. The van der Waals surface area contributed by atoms with Gasteiger partial charge in [-0.3, -0.25) is 38.9 Å². The molecule has 3 N–H and O–H groups in total. The predicted octanol–water partition coefficient (Wildman–Crippen LogP) is 17.3. The van der Waals surface area contributed by atoms with Gasteiger partial charge in [-0.2, -0.15) is 13.2 Å². The van der Waals surface area contributed by atoms with Crippen LogP contribution in [0.1, 0.15) is 120 Å². The molecule has 0 bridgehead atoms. The lowest BCUT2D eigenvalue weighted by atomic mass is 9.83. The van der Waals surface area contributed by atoms with Crippen LogP contribution in [0.25, 0.3) is 0 Å². The highest BCUT2D eigenvalue weighted by molar-refractivity contribution is 6.33. The van der Waals surface area contributed by atoms with Crippen molar-refractivity contribution in [2.24, 2.45) is 17.8 Å². The summed E-state index contributed by atoms with van der Waals surface area (Å²) in [5, 5.41) is 19.3. The number of hydrogen-bond acceptors (Lipinski definition) is 15. The second kappa shape index (κ2) is 40.5. The lowest BCUT2D eigenvalue weighted by Gasteiger charge is -2.28. The molecule has 572 valence electrons. The van der Waals surface area contributed by atoms with Crippen molar-refractivity contribution in [2.45, 2.75) is 140 Å². The van der Waals surface area contributed by atoms with Crippen molar-refractivity contribution in [3.8, 4) is 34.5 Å². The standard InChI is InChI=1S/C26H26Cl2F5NO4.C24H25Cl2N3O7.C24H26ClF2NO4/c1-25(29,30)20-11-18(6-8-22(20)27)37-13-17(35)10-15-2-4-16(5-3-15)34-24(36)14-38-19-7-9-23(28)21(12-19)26(31,32)33;1-28(32)22-11-18(6-8-20(22)25)35-13-17(30)10-15-2-4-16(5-3-15)27-24(31)14-36-19-7-9-21(26)23(12-19)29(33)34;1-15-2-7-19(11-22(15)26)31-13-18(29)10-16-3-5-17(6-4-16)28-24(30)14-32-20-8-9-21(25)23(27)12-20/h6-9,11-12,15-16H,2-5,10,13-14H2,1H3,(H,34,36);6-9,11-12,15-16H,2-5,10,13-14H2,1H3;2,7-9,11-12,16-17H,3-6,10,13-14H2,1H3,(H,28,30)/p+1. The van der Waals surface area contributed by atoms with Crippen molar-refractivity contribution in [3.05, 3.63) is 178 Å². The molecule has 0 heterocycles. The Kier molecular flexibility index (Phi) is 32.3. The van der Waals surface area contributed by atoms with Crippen LogP contribution in [0.3, 0.4) is 0 Å². The molecule has 3 aliphatic rings. The smallest absolute Gasteiger partial charge is 0.417 e. The van der Waals surface area contributed by atoms with Gasteiger partial charge >= 0.3 is 6.18 Å². The minimum atomic E-state index is -4.64. The third-order valence-corrected chi connectivity index (χ3v) is 19.2. The third kappa shape index (κ3) is 28.3. The van der Waals surface area contributed by atoms with Crippen LogP contribution in [-0.4, -0.2) is 110 Å². The molecular weight excluding hydrogens is 1510 g/mol. The van der Waals surface area contributed by atoms with Crippen LogP contribution in [0.4, 0.5) is 42.1 Å². The van der Waals surface area contributed by atoms with E-state index in [9.17, 15) is 74.5 Å². The fraction of sp³-hybridized carbons (Fsp3) is 0.432. The number of ketones is 3. The van der Waals surface area contributed by atoms with Crippen molar-refractivity contribution >= 4 is 104 Å². The number of carbonyl (C=O) groups excluding carboxylic acids is 6. The van der Waals surface area contributed by atoms with E-state index in [4.69, 9.17) is 86.4 Å². The van der Waals surface area contributed by atoms with Crippen LogP contribution >= 0.6 is 58.0 Å². The molecule has 0 saturated heterocycles. The first-order valence-electron chi connectivity index (χ1n) is 33.7. The number of halogens is 12. The number of amides is 3. The van der Waals surface area contributed by atoms with Crippen molar-refractivity contribution in [1.29, 1.82) is 0 Å². The Balaban J connectivity index is 0.000000223. The molecule has 6 aromatic carbocycles. The highest BCUT2D eigenvalue weighted by Crippen LogP contribution is 2.39. The number of nitrogens with one attached hydrogen (secondary N) is 3. The highest BCUT2D eigenvalue weighted by Gasteiger charge is 2.35. The number of aryl methyl sites for hydroxylation is 1. The Morgan fingerprint density at radius 2 is 0.726 bits per heavy atom. The molecule has 3 amide bonds. The Hall–Kier alpha value is -8.50. The number of nitrogens with zero attached hydrogens (tertiary/aromatic N) is 2. The summed E-state index contributed by atoms with van der Waals surface area (Å²) in [6, 6.07) is 23.9. The first-order chi connectivity index (χ1) is 50.1. The Labute approximate surface area is 631 Å². The molecule has 0 radical (unpaired) electrons. The summed E-state index contributed by atoms with van der Waals surface area (Å²) in [7, 11) is 1.33. The molecular formula is C74H78Cl5F7N5O15+. The summed E-state index contributed by atoms with van der Waals surface area (Å²) < 4.78 is 126. The van der Waals surface area contributed by atoms with Gasteiger partial charge in [-0.1, -0.05) is 64.1 Å². The summed E-state index contributed by atoms with van der Waals surface area (Å²) in [4.78, 5) is 95.4. The van der Waals surface area contributed by atoms with E-state index in [1.54, 1.807) is 31.2 Å². The molecule has 32 heteroatoms. The highest BCUT2D eigenvalue weighted by atomic mass is 35.5. The quantitative estimate of drug-likeness (QED) is 0.0164. The van der Waals surface area contributed by atoms with Gasteiger partial charge in [-0.25, -0.2) is 17.6 Å². The number of Topliss-reactive ketones (excluding diaryl/α,β-unsaturated/α-hetero) is 3. The number of ether oxygens (including phenoxy) is 6. The zero-order valence-electron chi connectivity index (χ0n) is 57.8. The fourth-order valence-electron chi connectivity index (χ4n) is 11.9.